The number of sulfonamides is 1. The standard InChI is InChI=1S/C14H30N4O3S/c1-6-15-14(16(4)5)17-7-9-18(10-8-17)22(19,20)12-11-21-13(2)3/h13H,6-12H2,1-5H3. The number of rotatable bonds is 6. The van der Waals surface area contributed by atoms with Crippen LogP contribution in [-0.4, -0.2) is 93.8 Å². The van der Waals surface area contributed by atoms with E-state index in [0.717, 1.165) is 12.5 Å². The molecule has 0 bridgehead atoms. The fraction of sp³-hybridized carbons (Fsp3) is 0.929. The minimum Gasteiger partial charge on any atom is -0.378 e. The van der Waals surface area contributed by atoms with Gasteiger partial charge in [0.25, 0.3) is 0 Å². The summed E-state index contributed by atoms with van der Waals surface area (Å²) in [5.41, 5.74) is 0. The van der Waals surface area contributed by atoms with Crippen molar-refractivity contribution in [3.8, 4) is 0 Å². The highest BCUT2D eigenvalue weighted by atomic mass is 32.2. The molecule has 0 unspecified atom stereocenters. The van der Waals surface area contributed by atoms with Crippen molar-refractivity contribution in [1.82, 2.24) is 14.1 Å². The molecule has 0 radical (unpaired) electrons. The average molecular weight is 334 g/mol. The fourth-order valence-electron chi connectivity index (χ4n) is 2.35. The van der Waals surface area contributed by atoms with Crippen LogP contribution in [0, 0.1) is 0 Å². The van der Waals surface area contributed by atoms with Crippen molar-refractivity contribution >= 4 is 16.0 Å². The summed E-state index contributed by atoms with van der Waals surface area (Å²) in [7, 11) is 0.686. The Labute approximate surface area is 135 Å². The van der Waals surface area contributed by atoms with Gasteiger partial charge in [-0.1, -0.05) is 0 Å². The number of ether oxygens (including phenoxy) is 1. The van der Waals surface area contributed by atoms with Gasteiger partial charge in [0.2, 0.25) is 10.0 Å². The first-order valence-electron chi connectivity index (χ1n) is 7.84. The second-order valence-electron chi connectivity index (χ2n) is 5.79. The van der Waals surface area contributed by atoms with Gasteiger partial charge in [-0.05, 0) is 20.8 Å². The molecule has 0 aromatic carbocycles. The van der Waals surface area contributed by atoms with Gasteiger partial charge in [0.1, 0.15) is 0 Å². The highest BCUT2D eigenvalue weighted by molar-refractivity contribution is 7.89. The first kappa shape index (κ1) is 19.2. The second kappa shape index (κ2) is 8.69. The summed E-state index contributed by atoms with van der Waals surface area (Å²) in [4.78, 5) is 8.60. The van der Waals surface area contributed by atoms with Crippen LogP contribution in [-0.2, 0) is 14.8 Å². The second-order valence-corrected chi connectivity index (χ2v) is 7.88. The molecule has 0 amide bonds. The third-order valence-electron chi connectivity index (χ3n) is 3.41. The van der Waals surface area contributed by atoms with Crippen LogP contribution < -0.4 is 0 Å². The zero-order chi connectivity index (χ0) is 16.8. The lowest BCUT2D eigenvalue weighted by molar-refractivity contribution is 0.0904. The molecule has 0 spiro atoms. The third kappa shape index (κ3) is 5.73. The summed E-state index contributed by atoms with van der Waals surface area (Å²) in [6, 6.07) is 0. The monoisotopic (exact) mass is 334 g/mol. The van der Waals surface area contributed by atoms with E-state index in [1.54, 1.807) is 4.31 Å². The Kier molecular flexibility index (Phi) is 7.58. The van der Waals surface area contributed by atoms with E-state index in [1.165, 1.54) is 0 Å². The average Bonchev–Trinajstić information content (AvgIpc) is 2.44. The Hall–Kier alpha value is -0.860. The maximum absolute atomic E-state index is 12.3. The molecule has 1 aliphatic heterocycles. The molecule has 22 heavy (non-hydrogen) atoms. The zero-order valence-corrected chi connectivity index (χ0v) is 15.3. The van der Waals surface area contributed by atoms with Gasteiger partial charge < -0.3 is 14.5 Å². The van der Waals surface area contributed by atoms with Crippen LogP contribution >= 0.6 is 0 Å². The summed E-state index contributed by atoms with van der Waals surface area (Å²) in [6.07, 6.45) is 0.0555. The Morgan fingerprint density at radius 2 is 1.82 bits per heavy atom. The summed E-state index contributed by atoms with van der Waals surface area (Å²) in [6.45, 7) is 9.12. The molecule has 1 heterocycles. The molecule has 0 aliphatic carbocycles. The van der Waals surface area contributed by atoms with Crippen LogP contribution in [0.1, 0.15) is 20.8 Å². The molecule has 0 saturated carbocycles. The predicted molar refractivity (Wildman–Crippen MR) is 89.7 cm³/mol. The number of hydrogen-bond acceptors (Lipinski definition) is 4. The van der Waals surface area contributed by atoms with Crippen molar-refractivity contribution in [2.45, 2.75) is 26.9 Å². The van der Waals surface area contributed by atoms with E-state index < -0.39 is 10.0 Å². The number of guanidine groups is 1. The summed E-state index contributed by atoms with van der Waals surface area (Å²) in [5, 5.41) is 0. The molecule has 1 rings (SSSR count). The van der Waals surface area contributed by atoms with Crippen molar-refractivity contribution in [3.05, 3.63) is 0 Å². The van der Waals surface area contributed by atoms with Crippen LogP contribution in [0.15, 0.2) is 4.99 Å². The van der Waals surface area contributed by atoms with Crippen LogP contribution in [0.2, 0.25) is 0 Å². The van der Waals surface area contributed by atoms with Gasteiger partial charge in [-0.2, -0.15) is 4.31 Å². The van der Waals surface area contributed by atoms with Crippen molar-refractivity contribution in [2.24, 2.45) is 4.99 Å². The minimum absolute atomic E-state index is 0.0504. The molecule has 0 aromatic rings. The third-order valence-corrected chi connectivity index (χ3v) is 5.24. The lowest BCUT2D eigenvalue weighted by Gasteiger charge is -2.37. The van der Waals surface area contributed by atoms with E-state index in [-0.39, 0.29) is 18.5 Å². The number of nitrogens with zero attached hydrogens (tertiary/aromatic N) is 4. The quantitative estimate of drug-likeness (QED) is 0.516. The Morgan fingerprint density at radius 1 is 1.23 bits per heavy atom. The largest absolute Gasteiger partial charge is 0.378 e. The Bertz CT molecular complexity index is 455. The lowest BCUT2D eigenvalue weighted by Crippen LogP contribution is -2.54. The lowest BCUT2D eigenvalue weighted by atomic mass is 10.4. The first-order valence-corrected chi connectivity index (χ1v) is 9.45. The van der Waals surface area contributed by atoms with E-state index in [1.807, 2.05) is 39.8 Å². The smallest absolute Gasteiger partial charge is 0.216 e. The van der Waals surface area contributed by atoms with Crippen LogP contribution in [0.5, 0.6) is 0 Å². The van der Waals surface area contributed by atoms with Gasteiger partial charge in [0.15, 0.2) is 5.96 Å². The van der Waals surface area contributed by atoms with Crippen LogP contribution in [0.25, 0.3) is 0 Å². The Balaban J connectivity index is 2.55. The van der Waals surface area contributed by atoms with Crippen molar-refractivity contribution in [2.75, 3.05) is 59.2 Å². The molecule has 0 aromatic heterocycles. The zero-order valence-electron chi connectivity index (χ0n) is 14.4. The molecule has 0 N–H and O–H groups in total. The van der Waals surface area contributed by atoms with Crippen molar-refractivity contribution < 1.29 is 13.2 Å². The van der Waals surface area contributed by atoms with Gasteiger partial charge in [-0.3, -0.25) is 4.99 Å². The highest BCUT2D eigenvalue weighted by Crippen LogP contribution is 2.10. The molecule has 130 valence electrons. The van der Waals surface area contributed by atoms with Crippen LogP contribution in [0.3, 0.4) is 0 Å². The molecule has 1 fully saturated rings. The number of aliphatic imine (C=N–C) groups is 1. The summed E-state index contributed by atoms with van der Waals surface area (Å²) in [5.74, 6) is 0.970. The van der Waals surface area contributed by atoms with Gasteiger partial charge in [-0.15, -0.1) is 0 Å². The normalized spacial score (nSPS) is 18.1. The number of piperazine rings is 1. The minimum atomic E-state index is -3.23. The maximum atomic E-state index is 12.3. The molecule has 0 atom stereocenters. The molecular weight excluding hydrogens is 304 g/mol. The van der Waals surface area contributed by atoms with E-state index in [2.05, 4.69) is 9.89 Å². The molecule has 7 nitrogen and oxygen atoms in total. The van der Waals surface area contributed by atoms with E-state index in [9.17, 15) is 8.42 Å². The van der Waals surface area contributed by atoms with E-state index in [4.69, 9.17) is 4.74 Å². The van der Waals surface area contributed by atoms with Gasteiger partial charge in [0.05, 0.1) is 18.5 Å². The van der Waals surface area contributed by atoms with Crippen molar-refractivity contribution in [1.29, 1.82) is 0 Å². The van der Waals surface area contributed by atoms with Crippen molar-refractivity contribution in [3.63, 3.8) is 0 Å². The summed E-state index contributed by atoms with van der Waals surface area (Å²) < 4.78 is 31.5. The fourth-order valence-corrected chi connectivity index (χ4v) is 3.63. The molecular formula is C14H30N4O3S. The predicted octanol–water partition coefficient (Wildman–Crippen LogP) is 0.296. The Morgan fingerprint density at radius 3 is 2.27 bits per heavy atom. The topological polar surface area (TPSA) is 65.5 Å². The first-order chi connectivity index (χ1) is 10.3. The van der Waals surface area contributed by atoms with Gasteiger partial charge >= 0.3 is 0 Å². The maximum Gasteiger partial charge on any atom is 0.216 e. The summed E-state index contributed by atoms with van der Waals surface area (Å²) >= 11 is 0. The van der Waals surface area contributed by atoms with Crippen LogP contribution in [0.4, 0.5) is 0 Å². The van der Waals surface area contributed by atoms with Gasteiger partial charge in [-0.25, -0.2) is 8.42 Å². The molecule has 1 aliphatic rings. The molecule has 1 saturated heterocycles. The van der Waals surface area contributed by atoms with E-state index >= 15 is 0 Å². The van der Waals surface area contributed by atoms with Gasteiger partial charge in [0, 0.05) is 46.8 Å². The highest BCUT2D eigenvalue weighted by Gasteiger charge is 2.28. The van der Waals surface area contributed by atoms with E-state index in [0.29, 0.717) is 26.2 Å². The SMILES string of the molecule is CCN=C(N(C)C)N1CCN(S(=O)(=O)CCOC(C)C)CC1. The number of hydrogen-bond donors (Lipinski definition) is 0. The molecule has 8 heteroatoms.